The van der Waals surface area contributed by atoms with Gasteiger partial charge in [-0.25, -0.2) is 8.42 Å². The van der Waals surface area contributed by atoms with Crippen molar-refractivity contribution in [3.8, 4) is 11.5 Å². The van der Waals surface area contributed by atoms with Crippen molar-refractivity contribution >= 4 is 50.7 Å². The molecule has 1 heterocycles. The molecule has 0 aromatic heterocycles. The zero-order chi connectivity index (χ0) is 27.8. The van der Waals surface area contributed by atoms with E-state index in [2.05, 4.69) is 20.3 Å². The van der Waals surface area contributed by atoms with Crippen molar-refractivity contribution in [2.45, 2.75) is 17.7 Å². The number of nitrogens with one attached hydrogen (secondary N) is 3. The molecule has 0 unspecified atom stereocenters. The molecular formula is C27H28Cl2N4O5S. The molecule has 1 aliphatic heterocycles. The summed E-state index contributed by atoms with van der Waals surface area (Å²) in [6.45, 7) is 3.23. The minimum Gasteiger partial charge on any atom is -0.454 e. The summed E-state index contributed by atoms with van der Waals surface area (Å²) in [5.41, 5.74) is 0.418. The number of ether oxygens (including phenoxy) is 1. The minimum atomic E-state index is -4.01. The fourth-order valence-electron chi connectivity index (χ4n) is 3.99. The number of sulfonamides is 1. The van der Waals surface area contributed by atoms with Gasteiger partial charge in [0.15, 0.2) is 5.75 Å². The van der Waals surface area contributed by atoms with Crippen LogP contribution in [0, 0.1) is 0 Å². The van der Waals surface area contributed by atoms with Gasteiger partial charge < -0.3 is 20.3 Å². The molecule has 1 aliphatic rings. The maximum atomic E-state index is 13.0. The van der Waals surface area contributed by atoms with E-state index >= 15 is 0 Å². The molecule has 2 amide bonds. The third kappa shape index (κ3) is 8.09. The molecule has 0 saturated carbocycles. The normalized spacial score (nSPS) is 13.6. The van der Waals surface area contributed by atoms with Crippen molar-refractivity contribution in [2.24, 2.45) is 0 Å². The van der Waals surface area contributed by atoms with E-state index < -0.39 is 15.9 Å². The van der Waals surface area contributed by atoms with Crippen molar-refractivity contribution in [2.75, 3.05) is 37.4 Å². The van der Waals surface area contributed by atoms with E-state index in [1.54, 1.807) is 36.4 Å². The molecule has 1 fully saturated rings. The minimum absolute atomic E-state index is 0.0574. The molecule has 9 nitrogen and oxygen atoms in total. The highest BCUT2D eigenvalue weighted by Gasteiger charge is 2.19. The highest BCUT2D eigenvalue weighted by molar-refractivity contribution is 7.92. The first kappa shape index (κ1) is 28.7. The third-order valence-corrected chi connectivity index (χ3v) is 7.94. The van der Waals surface area contributed by atoms with Crippen molar-refractivity contribution in [3.05, 3.63) is 82.3 Å². The van der Waals surface area contributed by atoms with Crippen LogP contribution in [0.2, 0.25) is 10.0 Å². The predicted molar refractivity (Wildman–Crippen MR) is 151 cm³/mol. The van der Waals surface area contributed by atoms with Crippen molar-refractivity contribution in [1.29, 1.82) is 0 Å². The lowest BCUT2D eigenvalue weighted by Crippen LogP contribution is -2.40. The van der Waals surface area contributed by atoms with Crippen molar-refractivity contribution in [1.82, 2.24) is 15.5 Å². The summed E-state index contributed by atoms with van der Waals surface area (Å²) in [5.74, 6) is -0.227. The number of para-hydroxylation sites is 2. The van der Waals surface area contributed by atoms with Crippen molar-refractivity contribution < 1.29 is 22.7 Å². The Labute approximate surface area is 237 Å². The van der Waals surface area contributed by atoms with Crippen molar-refractivity contribution in [3.63, 3.8) is 0 Å². The van der Waals surface area contributed by atoms with E-state index in [9.17, 15) is 18.0 Å². The number of carbonyl (C=O) groups is 2. The molecule has 0 aliphatic carbocycles. The van der Waals surface area contributed by atoms with Gasteiger partial charge in [0.05, 0.1) is 22.2 Å². The first-order valence-electron chi connectivity index (χ1n) is 12.3. The Morgan fingerprint density at radius 2 is 1.62 bits per heavy atom. The van der Waals surface area contributed by atoms with Crippen LogP contribution in [0.5, 0.6) is 11.5 Å². The summed E-state index contributed by atoms with van der Waals surface area (Å²) in [7, 11) is -4.01. The largest absolute Gasteiger partial charge is 0.454 e. The van der Waals surface area contributed by atoms with E-state index in [0.717, 1.165) is 19.6 Å². The maximum absolute atomic E-state index is 13.0. The van der Waals surface area contributed by atoms with Gasteiger partial charge in [-0.2, -0.15) is 0 Å². The molecule has 1 saturated heterocycles. The summed E-state index contributed by atoms with van der Waals surface area (Å²) >= 11 is 12.1. The average molecular weight is 592 g/mol. The number of anilines is 1. The number of halogens is 2. The van der Waals surface area contributed by atoms with Gasteiger partial charge >= 0.3 is 0 Å². The third-order valence-electron chi connectivity index (χ3n) is 6.03. The van der Waals surface area contributed by atoms with Crippen LogP contribution >= 0.6 is 23.2 Å². The highest BCUT2D eigenvalue weighted by atomic mass is 35.5. The Kier molecular flexibility index (Phi) is 9.68. The van der Waals surface area contributed by atoms with E-state index in [4.69, 9.17) is 27.9 Å². The van der Waals surface area contributed by atoms with E-state index in [-0.39, 0.29) is 39.4 Å². The zero-order valence-electron chi connectivity index (χ0n) is 21.0. The quantitative estimate of drug-likeness (QED) is 0.302. The Balaban J connectivity index is 1.33. The summed E-state index contributed by atoms with van der Waals surface area (Å²) < 4.78 is 34.4. The summed E-state index contributed by atoms with van der Waals surface area (Å²) in [6.07, 6.45) is 2.36. The summed E-state index contributed by atoms with van der Waals surface area (Å²) in [5, 5.41) is 6.05. The summed E-state index contributed by atoms with van der Waals surface area (Å²) in [4.78, 5) is 26.7. The van der Waals surface area contributed by atoms with Crippen LogP contribution in [0.1, 0.15) is 23.2 Å². The van der Waals surface area contributed by atoms with Crippen LogP contribution in [-0.2, 0) is 14.8 Å². The molecule has 4 rings (SSSR count). The number of benzene rings is 3. The van der Waals surface area contributed by atoms with E-state index in [1.165, 1.54) is 43.2 Å². The molecule has 3 aromatic rings. The number of carbonyl (C=O) groups excluding carboxylic acids is 2. The zero-order valence-corrected chi connectivity index (χ0v) is 23.3. The van der Waals surface area contributed by atoms with Gasteiger partial charge in [-0.1, -0.05) is 35.3 Å². The Morgan fingerprint density at radius 3 is 2.33 bits per heavy atom. The fraction of sp³-hybridized carbons (Fsp3) is 0.259. The number of amides is 2. The molecule has 0 atom stereocenters. The fourth-order valence-corrected chi connectivity index (χ4v) is 5.51. The Hall–Kier alpha value is -3.31. The Morgan fingerprint density at radius 1 is 0.897 bits per heavy atom. The second-order valence-electron chi connectivity index (χ2n) is 8.88. The van der Waals surface area contributed by atoms with Gasteiger partial charge in [0.2, 0.25) is 5.91 Å². The second kappa shape index (κ2) is 13.2. The Bertz CT molecular complexity index is 1430. The molecule has 3 N–H and O–H groups in total. The SMILES string of the molecule is O=C(CNC(=O)c1ccc(S(=O)(=O)Nc2ccccc2Oc2ccc(Cl)cc2Cl)cc1)NCCN1CCCC1. The number of likely N-dealkylation sites (tertiary alicyclic amines) is 1. The first-order valence-corrected chi connectivity index (χ1v) is 14.6. The number of rotatable bonds is 11. The lowest BCUT2D eigenvalue weighted by atomic mass is 10.2. The standard InChI is InChI=1S/C27H28Cl2N4O5S/c28-20-9-12-24(22(29)17-20)38-25-6-2-1-5-23(25)32-39(36,37)21-10-7-19(8-11-21)27(35)31-18-26(34)30-13-16-33-14-3-4-15-33/h1-2,5-12,17,32H,3-4,13-16,18H2,(H,30,34)(H,31,35). The molecular weight excluding hydrogens is 563 g/mol. The molecule has 39 heavy (non-hydrogen) atoms. The molecule has 3 aromatic carbocycles. The molecule has 0 radical (unpaired) electrons. The van der Waals surface area contributed by atoms with E-state index in [1.807, 2.05) is 0 Å². The smallest absolute Gasteiger partial charge is 0.262 e. The summed E-state index contributed by atoms with van der Waals surface area (Å²) in [6, 6.07) is 16.6. The number of nitrogens with zero attached hydrogens (tertiary/aromatic N) is 1. The molecule has 12 heteroatoms. The van der Waals surface area contributed by atoms with Gasteiger partial charge in [0.1, 0.15) is 5.75 Å². The van der Waals surface area contributed by atoms with Crippen LogP contribution in [-0.4, -0.2) is 57.9 Å². The molecule has 0 spiro atoms. The second-order valence-corrected chi connectivity index (χ2v) is 11.4. The van der Waals surface area contributed by atoms with Gasteiger partial charge in [-0.3, -0.25) is 14.3 Å². The first-order chi connectivity index (χ1) is 18.7. The maximum Gasteiger partial charge on any atom is 0.262 e. The average Bonchev–Trinajstić information content (AvgIpc) is 3.43. The lowest BCUT2D eigenvalue weighted by molar-refractivity contribution is -0.120. The monoisotopic (exact) mass is 590 g/mol. The van der Waals surface area contributed by atoms with Gasteiger partial charge in [-0.15, -0.1) is 0 Å². The van der Waals surface area contributed by atoms with Crippen LogP contribution in [0.4, 0.5) is 5.69 Å². The number of hydrogen-bond acceptors (Lipinski definition) is 6. The topological polar surface area (TPSA) is 117 Å². The van der Waals surface area contributed by atoms with E-state index in [0.29, 0.717) is 17.3 Å². The highest BCUT2D eigenvalue weighted by Crippen LogP contribution is 2.35. The molecule has 0 bridgehead atoms. The lowest BCUT2D eigenvalue weighted by Gasteiger charge is -2.15. The molecule has 206 valence electrons. The van der Waals surface area contributed by atoms with Crippen LogP contribution in [0.15, 0.2) is 71.6 Å². The van der Waals surface area contributed by atoms with Gasteiger partial charge in [-0.05, 0) is 80.5 Å². The van der Waals surface area contributed by atoms with Crippen LogP contribution in [0.25, 0.3) is 0 Å². The van der Waals surface area contributed by atoms with Crippen LogP contribution < -0.4 is 20.1 Å². The van der Waals surface area contributed by atoms with Gasteiger partial charge in [0.25, 0.3) is 15.9 Å². The predicted octanol–water partition coefficient (Wildman–Crippen LogP) is 4.53. The van der Waals surface area contributed by atoms with Gasteiger partial charge in [0, 0.05) is 23.7 Å². The number of hydrogen-bond donors (Lipinski definition) is 3. The van der Waals surface area contributed by atoms with Crippen LogP contribution in [0.3, 0.4) is 0 Å².